The summed E-state index contributed by atoms with van der Waals surface area (Å²) in [5.74, 6) is 0.796. The third kappa shape index (κ3) is 4.73. The van der Waals surface area contributed by atoms with Crippen molar-refractivity contribution in [2.24, 2.45) is 0 Å². The summed E-state index contributed by atoms with van der Waals surface area (Å²) in [6.07, 6.45) is 0.327. The summed E-state index contributed by atoms with van der Waals surface area (Å²) in [7, 11) is 6.50. The Morgan fingerprint density at radius 2 is 1.68 bits per heavy atom. The van der Waals surface area contributed by atoms with Crippen LogP contribution >= 0.6 is 0 Å². The summed E-state index contributed by atoms with van der Waals surface area (Å²) in [4.78, 5) is 25.7. The van der Waals surface area contributed by atoms with Crippen molar-refractivity contribution < 1.29 is 19.1 Å². The molecule has 2 amide bonds. The highest BCUT2D eigenvalue weighted by Gasteiger charge is 2.14. The molecule has 0 aliphatic heterocycles. The summed E-state index contributed by atoms with van der Waals surface area (Å²) < 4.78 is 10.4. The summed E-state index contributed by atoms with van der Waals surface area (Å²) in [5.41, 5.74) is 1.94. The fourth-order valence-electron chi connectivity index (χ4n) is 2.22. The van der Waals surface area contributed by atoms with Gasteiger partial charge >= 0.3 is 0 Å². The molecule has 6 heteroatoms. The molecular weight excluding hydrogens is 320 g/mol. The van der Waals surface area contributed by atoms with E-state index < -0.39 is 0 Å². The molecule has 0 saturated carbocycles. The second-order valence-electron chi connectivity index (χ2n) is 5.68. The van der Waals surface area contributed by atoms with Crippen LogP contribution in [0.2, 0.25) is 0 Å². The van der Waals surface area contributed by atoms with Gasteiger partial charge in [-0.25, -0.2) is 0 Å². The summed E-state index contributed by atoms with van der Waals surface area (Å²) in [6.45, 7) is 0. The largest absolute Gasteiger partial charge is 0.497 e. The van der Waals surface area contributed by atoms with Gasteiger partial charge in [0.2, 0.25) is 5.91 Å². The molecule has 1 N–H and O–H groups in total. The predicted octanol–water partition coefficient (Wildman–Crippen LogP) is 2.59. The number of nitrogens with one attached hydrogen (secondary N) is 1. The van der Waals surface area contributed by atoms with Gasteiger partial charge in [-0.05, 0) is 29.8 Å². The molecule has 2 rings (SSSR count). The first-order chi connectivity index (χ1) is 11.9. The molecule has 0 spiro atoms. The molecule has 25 heavy (non-hydrogen) atoms. The van der Waals surface area contributed by atoms with Crippen LogP contribution in [0.1, 0.15) is 15.9 Å². The Kier molecular flexibility index (Phi) is 6.00. The van der Waals surface area contributed by atoms with E-state index in [9.17, 15) is 9.59 Å². The van der Waals surface area contributed by atoms with Crippen molar-refractivity contribution in [3.8, 4) is 11.5 Å². The molecule has 2 aromatic carbocycles. The van der Waals surface area contributed by atoms with Gasteiger partial charge in [0, 0.05) is 25.8 Å². The Hall–Kier alpha value is -3.02. The van der Waals surface area contributed by atoms with Crippen LogP contribution in [0.3, 0.4) is 0 Å². The zero-order valence-corrected chi connectivity index (χ0v) is 14.8. The topological polar surface area (TPSA) is 67.9 Å². The van der Waals surface area contributed by atoms with Gasteiger partial charge in [0.15, 0.2) is 0 Å². The summed E-state index contributed by atoms with van der Waals surface area (Å²) in [6, 6.07) is 12.2. The number of hydrogen-bond donors (Lipinski definition) is 1. The van der Waals surface area contributed by atoms with E-state index in [2.05, 4.69) is 5.32 Å². The monoisotopic (exact) mass is 342 g/mol. The highest BCUT2D eigenvalue weighted by atomic mass is 16.5. The van der Waals surface area contributed by atoms with E-state index in [1.807, 2.05) is 12.1 Å². The number of ether oxygens (including phenoxy) is 2. The predicted molar refractivity (Wildman–Crippen MR) is 96.3 cm³/mol. The number of hydrogen-bond acceptors (Lipinski definition) is 4. The maximum atomic E-state index is 12.5. The van der Waals surface area contributed by atoms with Crippen molar-refractivity contribution in [1.82, 2.24) is 4.90 Å². The third-order valence-electron chi connectivity index (χ3n) is 3.72. The Balaban J connectivity index is 2.09. The summed E-state index contributed by atoms with van der Waals surface area (Å²) >= 11 is 0. The number of nitrogens with zero attached hydrogens (tertiary/aromatic N) is 1. The maximum Gasteiger partial charge on any atom is 0.259 e. The fourth-order valence-corrected chi connectivity index (χ4v) is 2.22. The summed E-state index contributed by atoms with van der Waals surface area (Å²) in [5, 5.41) is 2.82. The Morgan fingerprint density at radius 3 is 2.24 bits per heavy atom. The van der Waals surface area contributed by atoms with E-state index in [0.29, 0.717) is 29.2 Å². The lowest BCUT2D eigenvalue weighted by molar-refractivity contribution is -0.127. The van der Waals surface area contributed by atoms with Crippen molar-refractivity contribution in [2.75, 3.05) is 33.6 Å². The molecule has 0 fully saturated rings. The number of carbonyl (C=O) groups excluding carboxylic acids is 2. The molecule has 0 atom stereocenters. The van der Waals surface area contributed by atoms with Crippen LogP contribution in [-0.4, -0.2) is 45.0 Å². The molecule has 0 radical (unpaired) electrons. The van der Waals surface area contributed by atoms with Crippen molar-refractivity contribution >= 4 is 17.5 Å². The Labute approximate surface area is 147 Å². The Morgan fingerprint density at radius 1 is 1.00 bits per heavy atom. The van der Waals surface area contributed by atoms with E-state index in [-0.39, 0.29) is 11.8 Å². The van der Waals surface area contributed by atoms with Gasteiger partial charge < -0.3 is 19.7 Å². The number of carbonyl (C=O) groups is 2. The van der Waals surface area contributed by atoms with E-state index in [0.717, 1.165) is 5.56 Å². The zero-order valence-electron chi connectivity index (χ0n) is 14.8. The van der Waals surface area contributed by atoms with Crippen LogP contribution in [0.5, 0.6) is 11.5 Å². The lowest BCUT2D eigenvalue weighted by atomic mass is 10.1. The average Bonchev–Trinajstić information content (AvgIpc) is 2.62. The number of likely N-dealkylation sites (N-methyl/N-ethyl adjacent to an activating group) is 1. The van der Waals surface area contributed by atoms with Crippen LogP contribution in [0.15, 0.2) is 42.5 Å². The molecule has 2 aromatic rings. The van der Waals surface area contributed by atoms with Crippen molar-refractivity contribution in [2.45, 2.75) is 6.42 Å². The SMILES string of the molecule is COc1ccc(C(=O)Nc2ccc(CC(=O)N(C)C)cc2)c(OC)c1. The number of amides is 2. The van der Waals surface area contributed by atoms with Gasteiger partial charge in [0.1, 0.15) is 11.5 Å². The molecular formula is C19H22N2O4. The van der Waals surface area contributed by atoms with Gasteiger partial charge in [0.05, 0.1) is 26.2 Å². The van der Waals surface area contributed by atoms with Crippen LogP contribution in [0.4, 0.5) is 5.69 Å². The lowest BCUT2D eigenvalue weighted by Crippen LogP contribution is -2.23. The Bertz CT molecular complexity index is 755. The molecule has 6 nitrogen and oxygen atoms in total. The highest BCUT2D eigenvalue weighted by molar-refractivity contribution is 6.06. The van der Waals surface area contributed by atoms with Crippen LogP contribution in [-0.2, 0) is 11.2 Å². The second-order valence-corrected chi connectivity index (χ2v) is 5.68. The number of rotatable bonds is 6. The van der Waals surface area contributed by atoms with Crippen LogP contribution in [0.25, 0.3) is 0 Å². The van der Waals surface area contributed by atoms with E-state index in [1.165, 1.54) is 7.11 Å². The van der Waals surface area contributed by atoms with Gasteiger partial charge in [-0.15, -0.1) is 0 Å². The second kappa shape index (κ2) is 8.19. The number of methoxy groups -OCH3 is 2. The molecule has 132 valence electrons. The van der Waals surface area contributed by atoms with Crippen molar-refractivity contribution in [1.29, 1.82) is 0 Å². The first-order valence-electron chi connectivity index (χ1n) is 7.77. The standard InChI is InChI=1S/C19H22N2O4/c1-21(2)18(22)11-13-5-7-14(8-6-13)20-19(23)16-10-9-15(24-3)12-17(16)25-4/h5-10,12H,11H2,1-4H3,(H,20,23). The molecule has 0 saturated heterocycles. The smallest absolute Gasteiger partial charge is 0.259 e. The third-order valence-corrected chi connectivity index (χ3v) is 3.72. The van der Waals surface area contributed by atoms with Gasteiger partial charge in [-0.2, -0.15) is 0 Å². The van der Waals surface area contributed by atoms with Crippen LogP contribution < -0.4 is 14.8 Å². The minimum absolute atomic E-state index is 0.0276. The van der Waals surface area contributed by atoms with E-state index in [4.69, 9.17) is 9.47 Å². The lowest BCUT2D eigenvalue weighted by Gasteiger charge is -2.12. The fraction of sp³-hybridized carbons (Fsp3) is 0.263. The van der Waals surface area contributed by atoms with Crippen molar-refractivity contribution in [3.63, 3.8) is 0 Å². The molecule has 0 aliphatic carbocycles. The molecule has 0 bridgehead atoms. The zero-order chi connectivity index (χ0) is 18.4. The maximum absolute atomic E-state index is 12.5. The quantitative estimate of drug-likeness (QED) is 0.876. The highest BCUT2D eigenvalue weighted by Crippen LogP contribution is 2.25. The van der Waals surface area contributed by atoms with E-state index in [1.54, 1.807) is 56.4 Å². The van der Waals surface area contributed by atoms with Gasteiger partial charge in [0.25, 0.3) is 5.91 Å². The van der Waals surface area contributed by atoms with E-state index >= 15 is 0 Å². The van der Waals surface area contributed by atoms with Gasteiger partial charge in [-0.3, -0.25) is 9.59 Å². The van der Waals surface area contributed by atoms with Crippen molar-refractivity contribution in [3.05, 3.63) is 53.6 Å². The molecule has 0 aliphatic rings. The first-order valence-corrected chi connectivity index (χ1v) is 7.77. The normalized spacial score (nSPS) is 10.1. The minimum Gasteiger partial charge on any atom is -0.497 e. The molecule has 0 unspecified atom stereocenters. The molecule has 0 aromatic heterocycles. The average molecular weight is 342 g/mol. The van der Waals surface area contributed by atoms with Crippen LogP contribution in [0, 0.1) is 0 Å². The number of benzene rings is 2. The molecule has 0 heterocycles. The number of anilines is 1. The van der Waals surface area contributed by atoms with Gasteiger partial charge in [-0.1, -0.05) is 12.1 Å². The minimum atomic E-state index is -0.281. The first kappa shape index (κ1) is 18.3.